The van der Waals surface area contributed by atoms with Gasteiger partial charge in [0.15, 0.2) is 11.5 Å². The highest BCUT2D eigenvalue weighted by Crippen LogP contribution is 2.39. The minimum atomic E-state index is -0.439. The Labute approximate surface area is 136 Å². The highest BCUT2D eigenvalue weighted by atomic mass is 35.5. The van der Waals surface area contributed by atoms with Crippen LogP contribution < -0.4 is 14.8 Å². The Morgan fingerprint density at radius 3 is 2.57 bits per heavy atom. The van der Waals surface area contributed by atoms with E-state index in [1.165, 1.54) is 13.2 Å². The standard InChI is InChI=1S/C16H12ClNO5/c1-21-16(20)9-2-4-11(5-3-9)18-15(19)10-6-12(17)14-13(7-10)22-8-23-14/h2-7H,8H2,1H3,(H,18,19). The van der Waals surface area contributed by atoms with Gasteiger partial charge in [0.05, 0.1) is 17.7 Å². The minimum absolute atomic E-state index is 0.0785. The smallest absolute Gasteiger partial charge is 0.337 e. The second-order valence-electron chi connectivity index (χ2n) is 4.71. The molecule has 118 valence electrons. The molecule has 1 heterocycles. The number of nitrogens with one attached hydrogen (secondary N) is 1. The zero-order chi connectivity index (χ0) is 16.4. The largest absolute Gasteiger partial charge is 0.465 e. The molecule has 0 atom stereocenters. The van der Waals surface area contributed by atoms with Crippen LogP contribution in [0.3, 0.4) is 0 Å². The Morgan fingerprint density at radius 2 is 1.87 bits per heavy atom. The number of anilines is 1. The molecule has 2 aromatic carbocycles. The number of carbonyl (C=O) groups excluding carboxylic acids is 2. The molecule has 0 saturated heterocycles. The predicted octanol–water partition coefficient (Wildman–Crippen LogP) is 3.11. The van der Waals surface area contributed by atoms with Crippen LogP contribution in [0.1, 0.15) is 20.7 Å². The van der Waals surface area contributed by atoms with Gasteiger partial charge in [-0.25, -0.2) is 4.79 Å². The number of halogens is 1. The van der Waals surface area contributed by atoms with Crippen molar-refractivity contribution in [3.8, 4) is 11.5 Å². The summed E-state index contributed by atoms with van der Waals surface area (Å²) in [6.07, 6.45) is 0. The van der Waals surface area contributed by atoms with E-state index in [0.717, 1.165) is 0 Å². The van der Waals surface area contributed by atoms with Crippen LogP contribution >= 0.6 is 11.6 Å². The molecule has 0 aromatic heterocycles. The fourth-order valence-electron chi connectivity index (χ4n) is 2.11. The number of ether oxygens (including phenoxy) is 3. The van der Waals surface area contributed by atoms with Crippen LogP contribution in [0.5, 0.6) is 11.5 Å². The molecular weight excluding hydrogens is 322 g/mol. The fraction of sp³-hybridized carbons (Fsp3) is 0.125. The number of hydrogen-bond donors (Lipinski definition) is 1. The Bertz CT molecular complexity index is 773. The third kappa shape index (κ3) is 3.07. The number of benzene rings is 2. The molecule has 23 heavy (non-hydrogen) atoms. The molecule has 1 aliphatic rings. The molecule has 0 fully saturated rings. The van der Waals surface area contributed by atoms with Crippen LogP contribution in [0.4, 0.5) is 5.69 Å². The topological polar surface area (TPSA) is 73.9 Å². The number of methoxy groups -OCH3 is 1. The quantitative estimate of drug-likeness (QED) is 0.874. The van der Waals surface area contributed by atoms with E-state index >= 15 is 0 Å². The van der Waals surface area contributed by atoms with Gasteiger partial charge >= 0.3 is 5.97 Å². The first-order valence-corrected chi connectivity index (χ1v) is 7.05. The van der Waals surface area contributed by atoms with Crippen LogP contribution in [-0.2, 0) is 4.74 Å². The van der Waals surface area contributed by atoms with E-state index in [-0.39, 0.29) is 12.7 Å². The second-order valence-corrected chi connectivity index (χ2v) is 5.12. The van der Waals surface area contributed by atoms with Crippen LogP contribution in [0, 0.1) is 0 Å². The summed E-state index contributed by atoms with van der Waals surface area (Å²) in [4.78, 5) is 23.6. The van der Waals surface area contributed by atoms with E-state index in [1.807, 2.05) is 0 Å². The lowest BCUT2D eigenvalue weighted by molar-refractivity contribution is 0.0600. The Kier molecular flexibility index (Phi) is 4.08. The van der Waals surface area contributed by atoms with Crippen molar-refractivity contribution < 1.29 is 23.8 Å². The molecule has 3 rings (SSSR count). The van der Waals surface area contributed by atoms with E-state index in [2.05, 4.69) is 10.1 Å². The maximum atomic E-state index is 12.3. The lowest BCUT2D eigenvalue weighted by atomic mass is 10.1. The van der Waals surface area contributed by atoms with E-state index in [0.29, 0.717) is 33.3 Å². The van der Waals surface area contributed by atoms with Crippen molar-refractivity contribution in [1.82, 2.24) is 0 Å². The van der Waals surface area contributed by atoms with E-state index in [9.17, 15) is 9.59 Å². The molecule has 7 heteroatoms. The molecule has 2 aromatic rings. The van der Waals surface area contributed by atoms with Crippen molar-refractivity contribution in [2.45, 2.75) is 0 Å². The minimum Gasteiger partial charge on any atom is -0.465 e. The number of carbonyl (C=O) groups is 2. The summed E-state index contributed by atoms with van der Waals surface area (Å²) in [6, 6.07) is 9.42. The molecule has 1 aliphatic heterocycles. The van der Waals surface area contributed by atoms with Gasteiger partial charge in [0.25, 0.3) is 5.91 Å². The number of esters is 1. The Morgan fingerprint density at radius 1 is 1.13 bits per heavy atom. The number of amides is 1. The fourth-order valence-corrected chi connectivity index (χ4v) is 2.37. The van der Waals surface area contributed by atoms with Crippen LogP contribution in [0.25, 0.3) is 0 Å². The number of fused-ring (bicyclic) bond motifs is 1. The maximum absolute atomic E-state index is 12.3. The van der Waals surface area contributed by atoms with Crippen molar-refractivity contribution in [1.29, 1.82) is 0 Å². The van der Waals surface area contributed by atoms with E-state index in [1.54, 1.807) is 30.3 Å². The molecule has 6 nitrogen and oxygen atoms in total. The van der Waals surface area contributed by atoms with Crippen molar-refractivity contribution >= 4 is 29.2 Å². The molecule has 0 radical (unpaired) electrons. The molecular formula is C16H12ClNO5. The average Bonchev–Trinajstić information content (AvgIpc) is 3.04. The van der Waals surface area contributed by atoms with Crippen molar-refractivity contribution in [3.63, 3.8) is 0 Å². The third-order valence-corrected chi connectivity index (χ3v) is 3.53. The lowest BCUT2D eigenvalue weighted by Crippen LogP contribution is -2.12. The first-order valence-electron chi connectivity index (χ1n) is 6.67. The van der Waals surface area contributed by atoms with E-state index in [4.69, 9.17) is 21.1 Å². The van der Waals surface area contributed by atoms with E-state index < -0.39 is 5.97 Å². The van der Waals surface area contributed by atoms with Gasteiger partial charge in [-0.05, 0) is 36.4 Å². The van der Waals surface area contributed by atoms with Gasteiger partial charge in [-0.2, -0.15) is 0 Å². The lowest BCUT2D eigenvalue weighted by Gasteiger charge is -2.08. The molecule has 0 spiro atoms. The molecule has 0 bridgehead atoms. The van der Waals surface area contributed by atoms with Gasteiger partial charge in [0, 0.05) is 11.3 Å². The maximum Gasteiger partial charge on any atom is 0.337 e. The summed E-state index contributed by atoms with van der Waals surface area (Å²) < 4.78 is 15.1. The zero-order valence-electron chi connectivity index (χ0n) is 12.1. The van der Waals surface area contributed by atoms with Gasteiger partial charge in [-0.3, -0.25) is 4.79 Å². The molecule has 0 aliphatic carbocycles. The first kappa shape index (κ1) is 15.2. The molecule has 0 unspecified atom stereocenters. The van der Waals surface area contributed by atoms with Crippen LogP contribution in [0.2, 0.25) is 5.02 Å². The SMILES string of the molecule is COC(=O)c1ccc(NC(=O)c2cc(Cl)c3c(c2)OCO3)cc1. The van der Waals surface area contributed by atoms with Crippen molar-refractivity contribution in [3.05, 3.63) is 52.5 Å². The average molecular weight is 334 g/mol. The van der Waals surface area contributed by atoms with Gasteiger partial charge in [0.1, 0.15) is 0 Å². The highest BCUT2D eigenvalue weighted by molar-refractivity contribution is 6.32. The van der Waals surface area contributed by atoms with Crippen molar-refractivity contribution in [2.75, 3.05) is 19.2 Å². The summed E-state index contributed by atoms with van der Waals surface area (Å²) >= 11 is 6.06. The van der Waals surface area contributed by atoms with Gasteiger partial charge in [-0.1, -0.05) is 11.6 Å². The second kappa shape index (κ2) is 6.18. The number of rotatable bonds is 3. The normalized spacial score (nSPS) is 11.9. The number of hydrogen-bond acceptors (Lipinski definition) is 5. The highest BCUT2D eigenvalue weighted by Gasteiger charge is 2.20. The van der Waals surface area contributed by atoms with Gasteiger partial charge in [0.2, 0.25) is 6.79 Å². The molecule has 1 amide bonds. The van der Waals surface area contributed by atoms with Gasteiger partial charge < -0.3 is 19.5 Å². The Balaban J connectivity index is 1.77. The van der Waals surface area contributed by atoms with Crippen LogP contribution in [0.15, 0.2) is 36.4 Å². The van der Waals surface area contributed by atoms with Gasteiger partial charge in [-0.15, -0.1) is 0 Å². The van der Waals surface area contributed by atoms with Crippen molar-refractivity contribution in [2.24, 2.45) is 0 Å². The first-order chi connectivity index (χ1) is 11.1. The summed E-state index contributed by atoms with van der Waals surface area (Å²) in [5, 5.41) is 3.03. The summed E-state index contributed by atoms with van der Waals surface area (Å²) in [6.45, 7) is 0.0785. The summed E-state index contributed by atoms with van der Waals surface area (Å²) in [5.41, 5.74) is 1.28. The third-order valence-electron chi connectivity index (χ3n) is 3.25. The van der Waals surface area contributed by atoms with Crippen LogP contribution in [-0.4, -0.2) is 25.8 Å². The summed E-state index contributed by atoms with van der Waals surface area (Å²) in [5.74, 6) is 0.0794. The predicted molar refractivity (Wildman–Crippen MR) is 83.3 cm³/mol. The molecule has 0 saturated carbocycles. The molecule has 1 N–H and O–H groups in total. The Hall–Kier alpha value is -2.73. The summed E-state index contributed by atoms with van der Waals surface area (Å²) in [7, 11) is 1.31. The monoisotopic (exact) mass is 333 g/mol. The zero-order valence-corrected chi connectivity index (χ0v) is 12.8.